The third-order valence-corrected chi connectivity index (χ3v) is 1.84. The number of carbonyl (C=O) groups excluding carboxylic acids is 1. The van der Waals surface area contributed by atoms with Crippen LogP contribution in [0.3, 0.4) is 0 Å². The van der Waals surface area contributed by atoms with E-state index in [1.807, 2.05) is 0 Å². The van der Waals surface area contributed by atoms with E-state index in [0.29, 0.717) is 5.56 Å². The van der Waals surface area contributed by atoms with Gasteiger partial charge in [-0.15, -0.1) is 6.42 Å². The van der Waals surface area contributed by atoms with Crippen LogP contribution in [0.25, 0.3) is 0 Å². The van der Waals surface area contributed by atoms with E-state index in [-0.39, 0.29) is 12.3 Å². The smallest absolute Gasteiger partial charge is 0.323 e. The van der Waals surface area contributed by atoms with Crippen LogP contribution < -0.4 is 0 Å². The Labute approximate surface area is 91.8 Å². The molecule has 16 heavy (non-hydrogen) atoms. The minimum atomic E-state index is -1.14. The molecule has 0 atom stereocenters. The molecule has 0 saturated heterocycles. The molecule has 1 rings (SSSR count). The zero-order chi connectivity index (χ0) is 12.1. The predicted molar refractivity (Wildman–Crippen MR) is 53.6 cm³/mol. The third-order valence-electron chi connectivity index (χ3n) is 1.84. The second-order valence-corrected chi connectivity index (χ2v) is 3.10. The monoisotopic (exact) mass is 222 g/mol. The molecule has 0 radical (unpaired) electrons. The van der Waals surface area contributed by atoms with Gasteiger partial charge in [-0.05, 0) is 6.92 Å². The molecular formula is C10H10N2O4. The van der Waals surface area contributed by atoms with Gasteiger partial charge in [0.15, 0.2) is 0 Å². The number of amides is 1. The summed E-state index contributed by atoms with van der Waals surface area (Å²) in [7, 11) is 0. The number of rotatable bonds is 4. The van der Waals surface area contributed by atoms with E-state index in [2.05, 4.69) is 11.1 Å². The molecule has 0 saturated carbocycles. The molecule has 6 heteroatoms. The Morgan fingerprint density at radius 1 is 1.69 bits per heavy atom. The summed E-state index contributed by atoms with van der Waals surface area (Å²) in [5, 5.41) is 12.1. The van der Waals surface area contributed by atoms with Crippen molar-refractivity contribution in [3.8, 4) is 12.3 Å². The maximum atomic E-state index is 11.8. The number of carbonyl (C=O) groups is 2. The molecule has 1 aromatic heterocycles. The summed E-state index contributed by atoms with van der Waals surface area (Å²) in [4.78, 5) is 23.3. The van der Waals surface area contributed by atoms with Crippen molar-refractivity contribution in [2.45, 2.75) is 6.92 Å². The first-order chi connectivity index (χ1) is 7.56. The SMILES string of the molecule is C#CCN(CC(=O)O)C(=O)c1oncc1C. The number of terminal acetylenes is 1. The van der Waals surface area contributed by atoms with Crippen LogP contribution in [0.4, 0.5) is 0 Å². The van der Waals surface area contributed by atoms with Crippen molar-refractivity contribution in [3.63, 3.8) is 0 Å². The van der Waals surface area contributed by atoms with Gasteiger partial charge in [0.1, 0.15) is 6.54 Å². The van der Waals surface area contributed by atoms with Crippen molar-refractivity contribution in [1.82, 2.24) is 10.1 Å². The van der Waals surface area contributed by atoms with Gasteiger partial charge in [-0.2, -0.15) is 0 Å². The first-order valence-corrected chi connectivity index (χ1v) is 4.42. The molecule has 0 spiro atoms. The van der Waals surface area contributed by atoms with Crippen LogP contribution in [-0.4, -0.2) is 40.1 Å². The molecular weight excluding hydrogens is 212 g/mol. The minimum absolute atomic E-state index is 0.0106. The lowest BCUT2D eigenvalue weighted by atomic mass is 10.2. The van der Waals surface area contributed by atoms with E-state index < -0.39 is 18.4 Å². The van der Waals surface area contributed by atoms with Crippen molar-refractivity contribution < 1.29 is 19.2 Å². The molecule has 0 aromatic carbocycles. The van der Waals surface area contributed by atoms with Gasteiger partial charge in [0.2, 0.25) is 5.76 Å². The number of aliphatic carboxylic acids is 1. The zero-order valence-electron chi connectivity index (χ0n) is 8.64. The molecule has 1 aromatic rings. The summed E-state index contributed by atoms with van der Waals surface area (Å²) < 4.78 is 4.73. The number of aryl methyl sites for hydroxylation is 1. The summed E-state index contributed by atoms with van der Waals surface area (Å²) in [6.45, 7) is 1.08. The molecule has 84 valence electrons. The Hall–Kier alpha value is -2.29. The predicted octanol–water partition coefficient (Wildman–Crippen LogP) is 0.143. The molecule has 0 aliphatic carbocycles. The molecule has 0 bridgehead atoms. The largest absolute Gasteiger partial charge is 0.480 e. The van der Waals surface area contributed by atoms with Gasteiger partial charge < -0.3 is 14.5 Å². The molecule has 1 amide bonds. The lowest BCUT2D eigenvalue weighted by Gasteiger charge is -2.15. The van der Waals surface area contributed by atoms with E-state index in [1.165, 1.54) is 6.20 Å². The Morgan fingerprint density at radius 3 is 2.81 bits per heavy atom. The highest BCUT2D eigenvalue weighted by Gasteiger charge is 2.22. The van der Waals surface area contributed by atoms with E-state index in [0.717, 1.165) is 4.90 Å². The van der Waals surface area contributed by atoms with Gasteiger partial charge in [-0.25, -0.2) is 0 Å². The van der Waals surface area contributed by atoms with Gasteiger partial charge in [-0.1, -0.05) is 11.1 Å². The van der Waals surface area contributed by atoms with Crippen molar-refractivity contribution in [2.75, 3.05) is 13.1 Å². The summed E-state index contributed by atoms with van der Waals surface area (Å²) in [6, 6.07) is 0. The second kappa shape index (κ2) is 4.98. The Morgan fingerprint density at radius 2 is 2.38 bits per heavy atom. The van der Waals surface area contributed by atoms with Crippen LogP contribution in [0.15, 0.2) is 10.7 Å². The fraction of sp³-hybridized carbons (Fsp3) is 0.300. The normalized spacial score (nSPS) is 9.50. The Kier molecular flexibility index (Phi) is 3.67. The minimum Gasteiger partial charge on any atom is -0.480 e. The van der Waals surface area contributed by atoms with Gasteiger partial charge >= 0.3 is 5.97 Å². The van der Waals surface area contributed by atoms with Gasteiger partial charge in [-0.3, -0.25) is 9.59 Å². The van der Waals surface area contributed by atoms with E-state index in [1.54, 1.807) is 6.92 Å². The number of nitrogens with zero attached hydrogens (tertiary/aromatic N) is 2. The van der Waals surface area contributed by atoms with Crippen molar-refractivity contribution >= 4 is 11.9 Å². The third kappa shape index (κ3) is 2.60. The number of hydrogen-bond acceptors (Lipinski definition) is 4. The summed E-state index contributed by atoms with van der Waals surface area (Å²) >= 11 is 0. The average molecular weight is 222 g/mol. The molecule has 0 aliphatic heterocycles. The van der Waals surface area contributed by atoms with Gasteiger partial charge in [0.05, 0.1) is 12.7 Å². The average Bonchev–Trinajstić information content (AvgIpc) is 2.62. The molecule has 1 N–H and O–H groups in total. The Bertz CT molecular complexity index is 444. The quantitative estimate of drug-likeness (QED) is 0.733. The molecule has 0 fully saturated rings. The van der Waals surface area contributed by atoms with Crippen LogP contribution in [0, 0.1) is 19.3 Å². The maximum Gasteiger partial charge on any atom is 0.323 e. The van der Waals surface area contributed by atoms with Crippen LogP contribution in [-0.2, 0) is 4.79 Å². The van der Waals surface area contributed by atoms with E-state index >= 15 is 0 Å². The lowest BCUT2D eigenvalue weighted by Crippen LogP contribution is -2.36. The van der Waals surface area contributed by atoms with Crippen molar-refractivity contribution in [3.05, 3.63) is 17.5 Å². The first kappa shape index (κ1) is 11.8. The standard InChI is InChI=1S/C10H10N2O4/c1-3-4-12(6-8(13)14)10(15)9-7(2)5-11-16-9/h1,5H,4,6H2,2H3,(H,13,14). The van der Waals surface area contributed by atoms with Crippen LogP contribution in [0.2, 0.25) is 0 Å². The van der Waals surface area contributed by atoms with Crippen LogP contribution in [0.1, 0.15) is 16.1 Å². The summed E-state index contributed by atoms with van der Waals surface area (Å²) in [6.07, 6.45) is 6.43. The fourth-order valence-corrected chi connectivity index (χ4v) is 1.11. The van der Waals surface area contributed by atoms with E-state index in [9.17, 15) is 9.59 Å². The summed E-state index contributed by atoms with van der Waals surface area (Å²) in [5.41, 5.74) is 0.539. The topological polar surface area (TPSA) is 83.6 Å². The van der Waals surface area contributed by atoms with Crippen molar-refractivity contribution in [2.24, 2.45) is 0 Å². The molecule has 6 nitrogen and oxygen atoms in total. The zero-order valence-corrected chi connectivity index (χ0v) is 8.64. The highest BCUT2D eigenvalue weighted by Crippen LogP contribution is 2.09. The number of hydrogen-bond donors (Lipinski definition) is 1. The van der Waals surface area contributed by atoms with Crippen LogP contribution in [0.5, 0.6) is 0 Å². The molecule has 0 aliphatic rings. The first-order valence-electron chi connectivity index (χ1n) is 4.42. The highest BCUT2D eigenvalue weighted by molar-refractivity contribution is 5.94. The number of carboxylic acids is 1. The lowest BCUT2D eigenvalue weighted by molar-refractivity contribution is -0.137. The Balaban J connectivity index is 2.88. The number of aromatic nitrogens is 1. The van der Waals surface area contributed by atoms with E-state index in [4.69, 9.17) is 16.1 Å². The van der Waals surface area contributed by atoms with Crippen LogP contribution >= 0.6 is 0 Å². The fourth-order valence-electron chi connectivity index (χ4n) is 1.11. The van der Waals surface area contributed by atoms with Crippen molar-refractivity contribution in [1.29, 1.82) is 0 Å². The van der Waals surface area contributed by atoms with Gasteiger partial charge in [0.25, 0.3) is 5.91 Å². The maximum absolute atomic E-state index is 11.8. The molecule has 1 heterocycles. The highest BCUT2D eigenvalue weighted by atomic mass is 16.5. The number of carboxylic acid groups (broad SMARTS) is 1. The molecule has 0 unspecified atom stereocenters. The summed E-state index contributed by atoms with van der Waals surface area (Å²) in [5.74, 6) is 0.514. The second-order valence-electron chi connectivity index (χ2n) is 3.10. The van der Waals surface area contributed by atoms with Gasteiger partial charge in [0, 0.05) is 5.56 Å².